The number of carboxylic acids is 1. The molecule has 4 aromatic rings. The molecule has 11 heteroatoms. The van der Waals surface area contributed by atoms with Crippen LogP contribution in [-0.2, 0) is 14.3 Å². The molecule has 42 heavy (non-hydrogen) atoms. The minimum atomic E-state index is -1.66. The Hall–Kier alpha value is -5.42. The molecule has 0 aliphatic rings. The smallest absolute Gasteiger partial charge is 0.345 e. The lowest BCUT2D eigenvalue weighted by Gasteiger charge is -2.24. The third-order valence-corrected chi connectivity index (χ3v) is 6.72. The molecule has 4 rings (SSSR count). The number of nitrogens with one attached hydrogen (secondary N) is 1. The second-order valence-corrected chi connectivity index (χ2v) is 9.49. The highest BCUT2D eigenvalue weighted by Gasteiger charge is 2.33. The van der Waals surface area contributed by atoms with Gasteiger partial charge in [0, 0.05) is 23.9 Å². The molecule has 8 N–H and O–H groups in total. The molecule has 0 aromatic heterocycles. The molecule has 0 fully saturated rings. The molecule has 0 saturated heterocycles. The summed E-state index contributed by atoms with van der Waals surface area (Å²) < 4.78 is 5.33. The van der Waals surface area contributed by atoms with Gasteiger partial charge in [-0.3, -0.25) is 0 Å². The predicted molar refractivity (Wildman–Crippen MR) is 154 cm³/mol. The molecule has 0 aliphatic carbocycles. The zero-order chi connectivity index (χ0) is 30.6. The van der Waals surface area contributed by atoms with Crippen molar-refractivity contribution in [2.75, 3.05) is 13.1 Å². The molecule has 0 bridgehead atoms. The van der Waals surface area contributed by atoms with Gasteiger partial charge >= 0.3 is 11.9 Å². The number of aliphatic carboxylic acids is 1. The van der Waals surface area contributed by atoms with Gasteiger partial charge in [0.1, 0.15) is 0 Å². The van der Waals surface area contributed by atoms with Crippen LogP contribution in [0, 0.1) is 0 Å². The summed E-state index contributed by atoms with van der Waals surface area (Å²) in [7, 11) is 0. The van der Waals surface area contributed by atoms with Crippen molar-refractivity contribution in [1.82, 2.24) is 5.32 Å². The number of aromatic hydroxyl groups is 6. The van der Waals surface area contributed by atoms with E-state index in [0.29, 0.717) is 34.2 Å². The van der Waals surface area contributed by atoms with Crippen molar-refractivity contribution in [3.8, 4) is 45.6 Å². The number of likely N-dealkylation sites (N-methyl/N-ethyl adjacent to an activating group) is 1. The van der Waals surface area contributed by atoms with Crippen molar-refractivity contribution in [3.05, 3.63) is 77.9 Å². The number of rotatable bonds is 10. The van der Waals surface area contributed by atoms with E-state index < -0.39 is 35.5 Å². The lowest BCUT2D eigenvalue weighted by atomic mass is 9.92. The van der Waals surface area contributed by atoms with Crippen molar-refractivity contribution in [2.45, 2.75) is 18.9 Å². The average molecular weight is 576 g/mol. The lowest BCUT2D eigenvalue weighted by Crippen LogP contribution is -2.38. The summed E-state index contributed by atoms with van der Waals surface area (Å²) in [6.07, 6.45) is 0.620. The first-order valence-electron chi connectivity index (χ1n) is 12.8. The fourth-order valence-corrected chi connectivity index (χ4v) is 4.54. The number of carbonyl (C=O) groups is 2. The fourth-order valence-electron chi connectivity index (χ4n) is 4.54. The Morgan fingerprint density at radius 1 is 0.786 bits per heavy atom. The third-order valence-electron chi connectivity index (χ3n) is 6.72. The van der Waals surface area contributed by atoms with Gasteiger partial charge < -0.3 is 45.8 Å². The standard InChI is InChI=1S/C31H29NO10/c1-2-32-15-22(19-5-9-24(34)26(36)13-19)30(31(40)41)42-28(38)10-6-18-14-27(37)29(39)20-7-3-16(11-21(18)20)17-4-8-23(33)25(35)12-17/h3-14,22,30,32-37,39H,2,15H2,1H3,(H,40,41)/t22-,30+/m0/s1. The Labute approximate surface area is 239 Å². The number of benzene rings is 4. The van der Waals surface area contributed by atoms with Crippen LogP contribution in [0.1, 0.15) is 24.0 Å². The van der Waals surface area contributed by atoms with E-state index in [4.69, 9.17) is 4.74 Å². The zero-order valence-electron chi connectivity index (χ0n) is 22.4. The topological polar surface area (TPSA) is 197 Å². The average Bonchev–Trinajstić information content (AvgIpc) is 2.96. The van der Waals surface area contributed by atoms with Gasteiger partial charge in [-0.15, -0.1) is 0 Å². The maximum absolute atomic E-state index is 12.9. The summed E-state index contributed by atoms with van der Waals surface area (Å²) in [4.78, 5) is 25.0. The number of phenols is 6. The van der Waals surface area contributed by atoms with Crippen LogP contribution in [0.15, 0.2) is 66.7 Å². The fraction of sp³-hybridized carbons (Fsp3) is 0.161. The van der Waals surface area contributed by atoms with E-state index >= 15 is 0 Å². The van der Waals surface area contributed by atoms with Crippen LogP contribution in [0.3, 0.4) is 0 Å². The maximum Gasteiger partial charge on any atom is 0.345 e. The number of ether oxygens (including phenoxy) is 1. The zero-order valence-corrected chi connectivity index (χ0v) is 22.4. The van der Waals surface area contributed by atoms with Crippen LogP contribution >= 0.6 is 0 Å². The molecule has 0 aliphatic heterocycles. The number of carboxylic acid groups (broad SMARTS) is 1. The Bertz CT molecular complexity index is 1680. The molecule has 0 unspecified atom stereocenters. The molecule has 0 amide bonds. The van der Waals surface area contributed by atoms with Gasteiger partial charge in [0.15, 0.2) is 34.5 Å². The second kappa shape index (κ2) is 12.4. The SMILES string of the molecule is CCNC[C@@H](c1ccc(O)c(O)c1)[C@@H](OC(=O)C=Cc1cc(O)c(O)c2ccc(-c3ccc(O)c(O)c3)cc12)C(=O)O. The van der Waals surface area contributed by atoms with Crippen LogP contribution in [0.2, 0.25) is 0 Å². The van der Waals surface area contributed by atoms with Crippen molar-refractivity contribution < 1.29 is 50.1 Å². The van der Waals surface area contributed by atoms with Gasteiger partial charge in [0.05, 0.1) is 0 Å². The lowest BCUT2D eigenvalue weighted by molar-refractivity contribution is -0.162. The highest BCUT2D eigenvalue weighted by molar-refractivity contribution is 6.01. The van der Waals surface area contributed by atoms with Gasteiger partial charge in [-0.1, -0.05) is 25.1 Å². The van der Waals surface area contributed by atoms with Crippen molar-refractivity contribution >= 4 is 28.8 Å². The summed E-state index contributed by atoms with van der Waals surface area (Å²) in [6.45, 7) is 2.38. The van der Waals surface area contributed by atoms with Crippen LogP contribution < -0.4 is 5.32 Å². The third kappa shape index (κ3) is 6.31. The van der Waals surface area contributed by atoms with Gasteiger partial charge in [-0.25, -0.2) is 9.59 Å². The number of hydrogen-bond donors (Lipinski definition) is 8. The van der Waals surface area contributed by atoms with Crippen molar-refractivity contribution in [3.63, 3.8) is 0 Å². The molecular weight excluding hydrogens is 546 g/mol. The molecule has 2 atom stereocenters. The largest absolute Gasteiger partial charge is 0.504 e. The Morgan fingerprint density at radius 2 is 1.43 bits per heavy atom. The van der Waals surface area contributed by atoms with E-state index in [1.807, 2.05) is 6.92 Å². The van der Waals surface area contributed by atoms with Crippen molar-refractivity contribution in [2.24, 2.45) is 0 Å². The first-order valence-corrected chi connectivity index (χ1v) is 12.8. The van der Waals surface area contributed by atoms with E-state index in [0.717, 1.165) is 6.08 Å². The second-order valence-electron chi connectivity index (χ2n) is 9.49. The Morgan fingerprint density at radius 3 is 2.07 bits per heavy atom. The first-order chi connectivity index (χ1) is 20.0. The molecular formula is C31H29NO10. The summed E-state index contributed by atoms with van der Waals surface area (Å²) in [6, 6.07) is 14.1. The number of hydrogen-bond acceptors (Lipinski definition) is 10. The quantitative estimate of drug-likeness (QED) is 0.0768. The van der Waals surface area contributed by atoms with Crippen LogP contribution in [-0.4, -0.2) is 66.9 Å². The van der Waals surface area contributed by atoms with Crippen LogP contribution in [0.25, 0.3) is 28.0 Å². The maximum atomic E-state index is 12.9. The number of carbonyl (C=O) groups excluding carboxylic acids is 1. The predicted octanol–water partition coefficient (Wildman–Crippen LogP) is 4.14. The van der Waals surface area contributed by atoms with Gasteiger partial charge in [-0.2, -0.15) is 0 Å². The van der Waals surface area contributed by atoms with E-state index in [1.165, 1.54) is 48.5 Å². The molecule has 11 nitrogen and oxygen atoms in total. The van der Waals surface area contributed by atoms with E-state index in [1.54, 1.807) is 18.2 Å². The summed E-state index contributed by atoms with van der Waals surface area (Å²) in [5.74, 6) is -5.66. The van der Waals surface area contributed by atoms with E-state index in [-0.39, 0.29) is 34.9 Å². The Balaban J connectivity index is 1.67. The van der Waals surface area contributed by atoms with Crippen molar-refractivity contribution in [1.29, 1.82) is 0 Å². The number of esters is 1. The summed E-state index contributed by atoms with van der Waals surface area (Å²) in [5, 5.41) is 73.4. The Kier molecular flexibility index (Phi) is 8.73. The normalized spacial score (nSPS) is 12.8. The molecule has 4 aromatic carbocycles. The first kappa shape index (κ1) is 29.6. The molecule has 0 radical (unpaired) electrons. The minimum absolute atomic E-state index is 0.0841. The highest BCUT2D eigenvalue weighted by atomic mass is 16.6. The summed E-state index contributed by atoms with van der Waals surface area (Å²) in [5.41, 5.74) is 1.75. The molecule has 0 saturated carbocycles. The monoisotopic (exact) mass is 575 g/mol. The molecule has 0 spiro atoms. The van der Waals surface area contributed by atoms with Gasteiger partial charge in [0.2, 0.25) is 6.10 Å². The van der Waals surface area contributed by atoms with Gasteiger partial charge in [-0.05, 0) is 82.7 Å². The highest BCUT2D eigenvalue weighted by Crippen LogP contribution is 2.40. The summed E-state index contributed by atoms with van der Waals surface area (Å²) >= 11 is 0. The molecule has 218 valence electrons. The van der Waals surface area contributed by atoms with Crippen LogP contribution in [0.4, 0.5) is 0 Å². The van der Waals surface area contributed by atoms with Gasteiger partial charge in [0.25, 0.3) is 0 Å². The molecule has 0 heterocycles. The number of fused-ring (bicyclic) bond motifs is 1. The van der Waals surface area contributed by atoms with Crippen LogP contribution in [0.5, 0.6) is 34.5 Å². The van der Waals surface area contributed by atoms with E-state index in [9.17, 15) is 45.3 Å². The van der Waals surface area contributed by atoms with E-state index in [2.05, 4.69) is 5.32 Å². The number of phenolic OH excluding ortho intramolecular Hbond substituents is 6. The minimum Gasteiger partial charge on any atom is -0.504 e.